The zero-order valence-corrected chi connectivity index (χ0v) is 18.8. The molecule has 3 aromatic rings. The summed E-state index contributed by atoms with van der Waals surface area (Å²) in [6.45, 7) is 0. The first-order chi connectivity index (χ1) is 16.9. The summed E-state index contributed by atoms with van der Waals surface area (Å²) in [5.74, 6) is 0. The standard InChI is InChI=1S/C13H9F3N2O4S.C7H5F3N2O2/c14-13(15,16)9-6-7-11(12(8-9)18(19)20)17-23(21,22)10-4-2-1-3-5-10;8-7(9,10)4-1-2-5(11)6(3-4)12(13)14/h1-8,17H;1-3H,11H2. The smallest absolute Gasteiger partial charge is 0.393 e. The minimum Gasteiger partial charge on any atom is -0.393 e. The normalized spacial score (nSPS) is 11.7. The molecule has 3 rings (SSSR count). The van der Waals surface area contributed by atoms with E-state index in [2.05, 4.69) is 0 Å². The van der Waals surface area contributed by atoms with Crippen LogP contribution in [0.2, 0.25) is 0 Å². The monoisotopic (exact) mass is 552 g/mol. The Balaban J connectivity index is 0.000000294. The molecular weight excluding hydrogens is 538 g/mol. The van der Waals surface area contributed by atoms with E-state index in [0.29, 0.717) is 24.3 Å². The molecule has 0 radical (unpaired) electrons. The van der Waals surface area contributed by atoms with E-state index in [0.717, 1.165) is 6.07 Å². The van der Waals surface area contributed by atoms with Crippen molar-refractivity contribution in [2.75, 3.05) is 10.5 Å². The Morgan fingerprint density at radius 2 is 1.19 bits per heavy atom. The first-order valence-corrected chi connectivity index (χ1v) is 11.0. The van der Waals surface area contributed by atoms with Crippen molar-refractivity contribution in [2.24, 2.45) is 0 Å². The van der Waals surface area contributed by atoms with Crippen molar-refractivity contribution in [3.8, 4) is 0 Å². The van der Waals surface area contributed by atoms with Gasteiger partial charge in [0.15, 0.2) is 0 Å². The summed E-state index contributed by atoms with van der Waals surface area (Å²) >= 11 is 0. The molecule has 17 heteroatoms. The van der Waals surface area contributed by atoms with Gasteiger partial charge in [0.25, 0.3) is 21.4 Å². The second-order valence-corrected chi connectivity index (χ2v) is 8.62. The summed E-state index contributed by atoms with van der Waals surface area (Å²) in [5, 5.41) is 21.2. The van der Waals surface area contributed by atoms with E-state index in [1.165, 1.54) is 24.3 Å². The molecule has 0 saturated heterocycles. The fourth-order valence-corrected chi connectivity index (χ4v) is 3.72. The second kappa shape index (κ2) is 10.7. The van der Waals surface area contributed by atoms with Gasteiger partial charge < -0.3 is 5.73 Å². The van der Waals surface area contributed by atoms with Crippen molar-refractivity contribution in [3.63, 3.8) is 0 Å². The first kappa shape index (κ1) is 28.8. The van der Waals surface area contributed by atoms with E-state index < -0.39 is 60.4 Å². The lowest BCUT2D eigenvalue weighted by Crippen LogP contribution is -2.14. The van der Waals surface area contributed by atoms with Gasteiger partial charge in [-0.25, -0.2) is 8.42 Å². The summed E-state index contributed by atoms with van der Waals surface area (Å²) in [7, 11) is -4.15. The number of alkyl halides is 6. The molecule has 0 unspecified atom stereocenters. The van der Waals surface area contributed by atoms with Gasteiger partial charge in [-0.1, -0.05) is 18.2 Å². The minimum atomic E-state index is -4.78. The largest absolute Gasteiger partial charge is 0.416 e. The molecule has 0 aliphatic rings. The van der Waals surface area contributed by atoms with Crippen molar-refractivity contribution in [3.05, 3.63) is 98.1 Å². The highest BCUT2D eigenvalue weighted by Gasteiger charge is 2.34. The number of rotatable bonds is 5. The maximum Gasteiger partial charge on any atom is 0.416 e. The molecule has 0 heterocycles. The Hall–Kier alpha value is -4.41. The lowest BCUT2D eigenvalue weighted by Gasteiger charge is -2.11. The molecule has 3 N–H and O–H groups in total. The van der Waals surface area contributed by atoms with Crippen molar-refractivity contribution in [2.45, 2.75) is 17.2 Å². The summed E-state index contributed by atoms with van der Waals surface area (Å²) < 4.78 is 100. The molecule has 0 aliphatic carbocycles. The topological polar surface area (TPSA) is 158 Å². The number of nitrogen functional groups attached to an aromatic ring is 1. The average molecular weight is 552 g/mol. The fourth-order valence-electron chi connectivity index (χ4n) is 2.63. The van der Waals surface area contributed by atoms with Gasteiger partial charge in [-0.05, 0) is 36.4 Å². The van der Waals surface area contributed by atoms with Crippen LogP contribution in [0.3, 0.4) is 0 Å². The van der Waals surface area contributed by atoms with Crippen molar-refractivity contribution in [1.29, 1.82) is 0 Å². The third-order valence-corrected chi connectivity index (χ3v) is 5.76. The van der Waals surface area contributed by atoms with Crippen LogP contribution in [0.4, 0.5) is 49.1 Å². The molecular formula is C20H14F6N4O6S. The Labute approximate surface area is 203 Å². The Kier molecular flexibility index (Phi) is 8.33. The number of benzene rings is 3. The number of hydrogen-bond donors (Lipinski definition) is 2. The van der Waals surface area contributed by atoms with E-state index in [9.17, 15) is 55.0 Å². The Bertz CT molecular complexity index is 1410. The third-order valence-electron chi connectivity index (χ3n) is 4.37. The molecule has 0 saturated carbocycles. The van der Waals surface area contributed by atoms with Crippen LogP contribution < -0.4 is 10.5 Å². The molecule has 0 aromatic heterocycles. The Morgan fingerprint density at radius 1 is 0.730 bits per heavy atom. The highest BCUT2D eigenvalue weighted by atomic mass is 32.2. The second-order valence-electron chi connectivity index (χ2n) is 6.93. The summed E-state index contributed by atoms with van der Waals surface area (Å²) in [5.41, 5.74) is 0.235. The fraction of sp³-hybridized carbons (Fsp3) is 0.100. The highest BCUT2D eigenvalue weighted by molar-refractivity contribution is 7.92. The van der Waals surface area contributed by atoms with Crippen molar-refractivity contribution in [1.82, 2.24) is 0 Å². The maximum absolute atomic E-state index is 12.6. The summed E-state index contributed by atoms with van der Waals surface area (Å²) in [6.07, 6.45) is -9.37. The van der Waals surface area contributed by atoms with Crippen molar-refractivity contribution >= 4 is 32.8 Å². The number of nitrogens with zero attached hydrogens (tertiary/aromatic N) is 2. The zero-order chi connectivity index (χ0) is 28.2. The molecule has 0 aliphatic heterocycles. The molecule has 3 aromatic carbocycles. The first-order valence-electron chi connectivity index (χ1n) is 9.48. The molecule has 0 bridgehead atoms. The lowest BCUT2D eigenvalue weighted by molar-refractivity contribution is -0.384. The van der Waals surface area contributed by atoms with E-state index in [1.54, 1.807) is 6.07 Å². The van der Waals surface area contributed by atoms with Gasteiger partial charge in [-0.15, -0.1) is 0 Å². The molecule has 37 heavy (non-hydrogen) atoms. The number of nitrogens with one attached hydrogen (secondary N) is 1. The van der Waals surface area contributed by atoms with Crippen LogP contribution in [0.15, 0.2) is 71.6 Å². The molecule has 10 nitrogen and oxygen atoms in total. The highest BCUT2D eigenvalue weighted by Crippen LogP contribution is 2.36. The predicted octanol–water partition coefficient (Wildman–Crippen LogP) is 5.61. The van der Waals surface area contributed by atoms with Crippen LogP contribution >= 0.6 is 0 Å². The molecule has 0 spiro atoms. The summed E-state index contributed by atoms with van der Waals surface area (Å²) in [4.78, 5) is 19.0. The van der Waals surface area contributed by atoms with E-state index in [-0.39, 0.29) is 16.6 Å². The van der Waals surface area contributed by atoms with Crippen LogP contribution in [0.1, 0.15) is 11.1 Å². The third kappa shape index (κ3) is 7.53. The van der Waals surface area contributed by atoms with Crippen LogP contribution in [0.5, 0.6) is 0 Å². The van der Waals surface area contributed by atoms with Gasteiger partial charge in [0.1, 0.15) is 11.4 Å². The number of hydrogen-bond acceptors (Lipinski definition) is 7. The van der Waals surface area contributed by atoms with Gasteiger partial charge >= 0.3 is 12.4 Å². The van der Waals surface area contributed by atoms with Gasteiger partial charge in [-0.2, -0.15) is 26.3 Å². The maximum atomic E-state index is 12.6. The Morgan fingerprint density at radius 3 is 1.65 bits per heavy atom. The number of nitro groups is 2. The van der Waals surface area contributed by atoms with E-state index in [4.69, 9.17) is 5.73 Å². The van der Waals surface area contributed by atoms with Gasteiger partial charge in [0, 0.05) is 12.1 Å². The average Bonchev–Trinajstić information content (AvgIpc) is 2.78. The molecule has 0 amide bonds. The van der Waals surface area contributed by atoms with Crippen LogP contribution in [0.25, 0.3) is 0 Å². The minimum absolute atomic E-state index is 0.172. The quantitative estimate of drug-likeness (QED) is 0.180. The SMILES string of the molecule is Nc1ccc(C(F)(F)F)cc1[N+](=O)[O-].O=[N+]([O-])c1cc(C(F)(F)F)ccc1NS(=O)(=O)c1ccccc1. The summed E-state index contributed by atoms with van der Waals surface area (Å²) in [6, 6.07) is 10.5. The molecule has 0 fully saturated rings. The number of nitro benzene ring substituents is 2. The zero-order valence-electron chi connectivity index (χ0n) is 17.9. The van der Waals surface area contributed by atoms with Gasteiger partial charge in [0.05, 0.1) is 25.9 Å². The van der Waals surface area contributed by atoms with Gasteiger partial charge in [0.2, 0.25) is 0 Å². The van der Waals surface area contributed by atoms with Crippen LogP contribution in [-0.2, 0) is 22.4 Å². The van der Waals surface area contributed by atoms with E-state index in [1.807, 2.05) is 4.72 Å². The number of nitrogens with two attached hydrogens (primary N) is 1. The van der Waals surface area contributed by atoms with Crippen molar-refractivity contribution < 1.29 is 44.6 Å². The lowest BCUT2D eigenvalue weighted by atomic mass is 10.1. The number of anilines is 2. The number of halogens is 6. The van der Waals surface area contributed by atoms with Gasteiger partial charge in [-0.3, -0.25) is 25.0 Å². The van der Waals surface area contributed by atoms with Crippen LogP contribution in [0, 0.1) is 20.2 Å². The molecule has 0 atom stereocenters. The molecule has 198 valence electrons. The number of sulfonamides is 1. The van der Waals surface area contributed by atoms with E-state index >= 15 is 0 Å². The van der Waals surface area contributed by atoms with Crippen LogP contribution in [-0.4, -0.2) is 18.3 Å². The predicted molar refractivity (Wildman–Crippen MR) is 118 cm³/mol.